The molecule has 0 bridgehead atoms. The fourth-order valence-corrected chi connectivity index (χ4v) is 3.41. The van der Waals surface area contributed by atoms with Gasteiger partial charge >= 0.3 is 0 Å². The van der Waals surface area contributed by atoms with E-state index in [1.807, 2.05) is 43.4 Å². The molecule has 0 radical (unpaired) electrons. The fourth-order valence-electron chi connectivity index (χ4n) is 3.41. The molecular weight excluding hydrogens is 312 g/mol. The summed E-state index contributed by atoms with van der Waals surface area (Å²) < 4.78 is 0. The topological polar surface area (TPSA) is 49.4 Å². The molecule has 4 heteroatoms. The number of nitrogens with one attached hydrogen (secondary N) is 1. The van der Waals surface area contributed by atoms with E-state index in [1.54, 1.807) is 4.90 Å². The van der Waals surface area contributed by atoms with E-state index < -0.39 is 0 Å². The van der Waals surface area contributed by atoms with Crippen LogP contribution >= 0.6 is 0 Å². The summed E-state index contributed by atoms with van der Waals surface area (Å²) in [6.07, 6.45) is 0.933. The maximum absolute atomic E-state index is 12.5. The first-order valence-corrected chi connectivity index (χ1v) is 8.74. The number of carbonyl (C=O) groups is 2. The Kier molecular flexibility index (Phi) is 5.49. The second kappa shape index (κ2) is 7.97. The van der Waals surface area contributed by atoms with Gasteiger partial charge in [0.25, 0.3) is 0 Å². The summed E-state index contributed by atoms with van der Waals surface area (Å²) in [6, 6.07) is 20.2. The Bertz CT molecular complexity index is 676. The molecule has 25 heavy (non-hydrogen) atoms. The molecule has 1 heterocycles. The van der Waals surface area contributed by atoms with Crippen molar-refractivity contribution in [1.82, 2.24) is 10.2 Å². The van der Waals surface area contributed by atoms with Gasteiger partial charge in [0.1, 0.15) is 0 Å². The molecule has 1 unspecified atom stereocenters. The van der Waals surface area contributed by atoms with E-state index in [2.05, 4.69) is 29.6 Å². The largest absolute Gasteiger partial charge is 0.356 e. The van der Waals surface area contributed by atoms with Gasteiger partial charge in [-0.15, -0.1) is 0 Å². The minimum atomic E-state index is 0.0275. The third kappa shape index (κ3) is 4.47. The lowest BCUT2D eigenvalue weighted by atomic mass is 9.88. The molecule has 3 rings (SSSR count). The van der Waals surface area contributed by atoms with E-state index in [0.29, 0.717) is 19.4 Å². The van der Waals surface area contributed by atoms with Crippen molar-refractivity contribution < 1.29 is 9.59 Å². The van der Waals surface area contributed by atoms with Gasteiger partial charge < -0.3 is 10.2 Å². The monoisotopic (exact) mass is 336 g/mol. The van der Waals surface area contributed by atoms with Crippen LogP contribution in [0.1, 0.15) is 29.9 Å². The Hall–Kier alpha value is -2.62. The zero-order chi connectivity index (χ0) is 17.6. The molecule has 2 aromatic rings. The third-order valence-electron chi connectivity index (χ3n) is 4.80. The fraction of sp³-hybridized carbons (Fsp3) is 0.333. The number of likely N-dealkylation sites (tertiary alicyclic amines) is 1. The highest BCUT2D eigenvalue weighted by molar-refractivity contribution is 5.79. The molecular formula is C21H24N2O2. The second-order valence-electron chi connectivity index (χ2n) is 6.73. The van der Waals surface area contributed by atoms with Crippen molar-refractivity contribution in [2.45, 2.75) is 18.8 Å². The van der Waals surface area contributed by atoms with Gasteiger partial charge in [-0.2, -0.15) is 0 Å². The van der Waals surface area contributed by atoms with Gasteiger partial charge in [-0.3, -0.25) is 9.59 Å². The van der Waals surface area contributed by atoms with Crippen molar-refractivity contribution in [2.75, 3.05) is 20.1 Å². The molecule has 1 N–H and O–H groups in total. The van der Waals surface area contributed by atoms with Crippen LogP contribution in [0.15, 0.2) is 60.7 Å². The molecule has 1 saturated heterocycles. The Labute approximate surface area is 148 Å². The first-order valence-electron chi connectivity index (χ1n) is 8.74. The Balaban J connectivity index is 1.64. The number of benzene rings is 2. The minimum Gasteiger partial charge on any atom is -0.356 e. The van der Waals surface area contributed by atoms with Crippen LogP contribution < -0.4 is 5.32 Å². The smallest absolute Gasteiger partial charge is 0.222 e. The summed E-state index contributed by atoms with van der Waals surface area (Å²) in [5.41, 5.74) is 2.28. The number of rotatable bonds is 6. The molecule has 4 nitrogen and oxygen atoms in total. The van der Waals surface area contributed by atoms with Crippen LogP contribution in [0.25, 0.3) is 0 Å². The number of hydrogen-bond acceptors (Lipinski definition) is 2. The van der Waals surface area contributed by atoms with Crippen LogP contribution in [0.4, 0.5) is 0 Å². The van der Waals surface area contributed by atoms with E-state index in [-0.39, 0.29) is 23.7 Å². The highest BCUT2D eigenvalue weighted by atomic mass is 16.2. The maximum atomic E-state index is 12.5. The van der Waals surface area contributed by atoms with Gasteiger partial charge in [-0.25, -0.2) is 0 Å². The van der Waals surface area contributed by atoms with Gasteiger partial charge in [-0.05, 0) is 11.1 Å². The van der Waals surface area contributed by atoms with Crippen molar-refractivity contribution in [3.8, 4) is 0 Å². The first-order chi connectivity index (χ1) is 12.1. The SMILES string of the molecule is CN1CC(CNC(=O)CC(c2ccccc2)c2ccccc2)CC1=O. The Morgan fingerprint density at radius 2 is 1.64 bits per heavy atom. The molecule has 1 fully saturated rings. The average molecular weight is 336 g/mol. The summed E-state index contributed by atoms with van der Waals surface area (Å²) in [5, 5.41) is 3.02. The first kappa shape index (κ1) is 17.2. The molecule has 0 aromatic heterocycles. The van der Waals surface area contributed by atoms with Crippen molar-refractivity contribution >= 4 is 11.8 Å². The molecule has 1 aliphatic rings. The maximum Gasteiger partial charge on any atom is 0.222 e. The van der Waals surface area contributed by atoms with Gasteiger partial charge in [0, 0.05) is 44.8 Å². The molecule has 130 valence electrons. The number of amides is 2. The van der Waals surface area contributed by atoms with E-state index in [4.69, 9.17) is 0 Å². The van der Waals surface area contributed by atoms with Crippen LogP contribution in [0.3, 0.4) is 0 Å². The van der Waals surface area contributed by atoms with Crippen molar-refractivity contribution in [3.63, 3.8) is 0 Å². The molecule has 2 amide bonds. The lowest BCUT2D eigenvalue weighted by Gasteiger charge is -2.18. The van der Waals surface area contributed by atoms with Crippen molar-refractivity contribution in [3.05, 3.63) is 71.8 Å². The number of nitrogens with zero attached hydrogens (tertiary/aromatic N) is 1. The lowest BCUT2D eigenvalue weighted by Crippen LogP contribution is -2.31. The quantitative estimate of drug-likeness (QED) is 0.882. The molecule has 2 aromatic carbocycles. The number of carbonyl (C=O) groups excluding carboxylic acids is 2. The van der Waals surface area contributed by atoms with Crippen LogP contribution in [-0.4, -0.2) is 36.9 Å². The zero-order valence-corrected chi connectivity index (χ0v) is 14.5. The summed E-state index contributed by atoms with van der Waals surface area (Å²) in [4.78, 5) is 25.8. The zero-order valence-electron chi connectivity index (χ0n) is 14.5. The van der Waals surface area contributed by atoms with Crippen LogP contribution in [-0.2, 0) is 9.59 Å². The summed E-state index contributed by atoms with van der Waals surface area (Å²) in [6.45, 7) is 1.28. The summed E-state index contributed by atoms with van der Waals surface area (Å²) in [7, 11) is 1.81. The summed E-state index contributed by atoms with van der Waals surface area (Å²) >= 11 is 0. The van der Waals surface area contributed by atoms with E-state index in [1.165, 1.54) is 0 Å². The van der Waals surface area contributed by atoms with E-state index in [9.17, 15) is 9.59 Å². The standard InChI is InChI=1S/C21H24N2O2/c1-23-15-16(12-21(23)25)14-22-20(24)13-19(17-8-4-2-5-9-17)18-10-6-3-7-11-18/h2-11,16,19H,12-15H2,1H3,(H,22,24). The van der Waals surface area contributed by atoms with E-state index in [0.717, 1.165) is 17.7 Å². The lowest BCUT2D eigenvalue weighted by molar-refractivity contribution is -0.126. The van der Waals surface area contributed by atoms with Gasteiger partial charge in [0.2, 0.25) is 11.8 Å². The van der Waals surface area contributed by atoms with Crippen LogP contribution in [0, 0.1) is 5.92 Å². The van der Waals surface area contributed by atoms with Crippen LogP contribution in [0.2, 0.25) is 0 Å². The average Bonchev–Trinajstić information content (AvgIpc) is 2.97. The van der Waals surface area contributed by atoms with Crippen molar-refractivity contribution in [2.24, 2.45) is 5.92 Å². The van der Waals surface area contributed by atoms with Gasteiger partial charge in [0.15, 0.2) is 0 Å². The molecule has 0 aliphatic carbocycles. The van der Waals surface area contributed by atoms with Crippen molar-refractivity contribution in [1.29, 1.82) is 0 Å². The molecule has 0 saturated carbocycles. The molecule has 0 spiro atoms. The normalized spacial score (nSPS) is 17.1. The number of hydrogen-bond donors (Lipinski definition) is 1. The predicted molar refractivity (Wildman–Crippen MR) is 98.1 cm³/mol. The van der Waals surface area contributed by atoms with E-state index >= 15 is 0 Å². The minimum absolute atomic E-state index is 0.0275. The highest BCUT2D eigenvalue weighted by Gasteiger charge is 2.27. The Morgan fingerprint density at radius 1 is 1.08 bits per heavy atom. The van der Waals surface area contributed by atoms with Gasteiger partial charge in [0.05, 0.1) is 0 Å². The highest BCUT2D eigenvalue weighted by Crippen LogP contribution is 2.27. The Morgan fingerprint density at radius 3 is 2.12 bits per heavy atom. The predicted octanol–water partition coefficient (Wildman–Crippen LogP) is 2.80. The molecule has 1 atom stereocenters. The third-order valence-corrected chi connectivity index (χ3v) is 4.80. The van der Waals surface area contributed by atoms with Gasteiger partial charge in [-0.1, -0.05) is 60.7 Å². The summed E-state index contributed by atoms with van der Waals surface area (Å²) in [5.74, 6) is 0.439. The second-order valence-corrected chi connectivity index (χ2v) is 6.73. The molecule has 1 aliphatic heterocycles. The van der Waals surface area contributed by atoms with Crippen LogP contribution in [0.5, 0.6) is 0 Å².